The van der Waals surface area contributed by atoms with Crippen LogP contribution in [0.2, 0.25) is 0 Å². The molecular weight excluding hydrogens is 206 g/mol. The molecule has 1 aromatic heterocycles. The van der Waals surface area contributed by atoms with Crippen LogP contribution in [0, 0.1) is 21.4 Å². The smallest absolute Gasteiger partial charge is 0.264 e. The molecule has 2 rings (SSSR count). The average Bonchev–Trinajstić information content (AvgIpc) is 2.29. The second-order valence-corrected chi connectivity index (χ2v) is 3.26. The van der Waals surface area contributed by atoms with Crippen molar-refractivity contribution in [1.82, 2.24) is 4.98 Å². The molecule has 5 heteroatoms. The predicted molar refractivity (Wildman–Crippen MR) is 57.7 cm³/mol. The number of non-ortho nitro benzene ring substituents is 1. The molecule has 0 radical (unpaired) electrons. The maximum atomic E-state index is 10.8. The van der Waals surface area contributed by atoms with Gasteiger partial charge in [0.1, 0.15) is 0 Å². The van der Waals surface area contributed by atoms with Crippen molar-refractivity contribution in [3.05, 3.63) is 46.3 Å². The van der Waals surface area contributed by atoms with E-state index in [1.54, 1.807) is 18.3 Å². The summed E-state index contributed by atoms with van der Waals surface area (Å²) in [6.45, 7) is 0. The zero-order chi connectivity index (χ0) is 11.5. The summed E-state index contributed by atoms with van der Waals surface area (Å²) in [6.07, 6.45) is 3.25. The molecule has 5 nitrogen and oxygen atoms in total. The molecule has 1 aromatic carbocycles. The standard InChI is InChI=1S/C11H7N3O2/c12-5-3-8-1-2-11(14(15)16)10-7-13-6-4-9(8)10/h1-2,4,6-7H,3H2. The molecule has 16 heavy (non-hydrogen) atoms. The molecule has 1 heterocycles. The molecule has 0 aliphatic carbocycles. The summed E-state index contributed by atoms with van der Waals surface area (Å²) in [6, 6.07) is 6.75. The maximum absolute atomic E-state index is 10.8. The van der Waals surface area contributed by atoms with Gasteiger partial charge in [-0.3, -0.25) is 15.1 Å². The van der Waals surface area contributed by atoms with Crippen molar-refractivity contribution >= 4 is 16.5 Å². The number of hydrogen-bond donors (Lipinski definition) is 0. The fraction of sp³-hybridized carbons (Fsp3) is 0.0909. The summed E-state index contributed by atoms with van der Waals surface area (Å²) >= 11 is 0. The van der Waals surface area contributed by atoms with E-state index >= 15 is 0 Å². The fourth-order valence-corrected chi connectivity index (χ4v) is 1.64. The topological polar surface area (TPSA) is 79.8 Å². The van der Waals surface area contributed by atoms with Gasteiger partial charge in [-0.1, -0.05) is 6.07 Å². The minimum atomic E-state index is -0.444. The Morgan fingerprint density at radius 2 is 2.19 bits per heavy atom. The first kappa shape index (κ1) is 10.1. The number of pyridine rings is 1. The van der Waals surface area contributed by atoms with Crippen LogP contribution in [0.3, 0.4) is 0 Å². The van der Waals surface area contributed by atoms with Crippen LogP contribution < -0.4 is 0 Å². The van der Waals surface area contributed by atoms with Gasteiger partial charge in [0.2, 0.25) is 0 Å². The Morgan fingerprint density at radius 3 is 2.88 bits per heavy atom. The van der Waals surface area contributed by atoms with Crippen LogP contribution in [-0.2, 0) is 6.42 Å². The van der Waals surface area contributed by atoms with Gasteiger partial charge in [-0.15, -0.1) is 0 Å². The van der Waals surface area contributed by atoms with E-state index in [0.717, 1.165) is 5.56 Å². The second-order valence-electron chi connectivity index (χ2n) is 3.26. The summed E-state index contributed by atoms with van der Waals surface area (Å²) < 4.78 is 0. The molecular formula is C11H7N3O2. The third kappa shape index (κ3) is 1.57. The number of hydrogen-bond acceptors (Lipinski definition) is 4. The first-order valence-electron chi connectivity index (χ1n) is 4.61. The number of aromatic nitrogens is 1. The summed E-state index contributed by atoms with van der Waals surface area (Å²) in [7, 11) is 0. The first-order valence-corrected chi connectivity index (χ1v) is 4.61. The molecule has 0 atom stereocenters. The second kappa shape index (κ2) is 3.95. The number of fused-ring (bicyclic) bond motifs is 1. The molecule has 0 spiro atoms. The number of nitro groups is 1. The molecule has 0 saturated carbocycles. The first-order chi connectivity index (χ1) is 7.74. The summed E-state index contributed by atoms with van der Waals surface area (Å²) in [4.78, 5) is 14.2. The minimum absolute atomic E-state index is 0.0183. The van der Waals surface area contributed by atoms with E-state index in [0.29, 0.717) is 10.8 Å². The van der Waals surface area contributed by atoms with Crippen molar-refractivity contribution in [2.45, 2.75) is 6.42 Å². The lowest BCUT2D eigenvalue weighted by atomic mass is 10.0. The van der Waals surface area contributed by atoms with E-state index in [9.17, 15) is 10.1 Å². The van der Waals surface area contributed by atoms with Crippen molar-refractivity contribution in [1.29, 1.82) is 5.26 Å². The average molecular weight is 213 g/mol. The van der Waals surface area contributed by atoms with E-state index in [1.165, 1.54) is 12.3 Å². The van der Waals surface area contributed by atoms with Crippen LogP contribution >= 0.6 is 0 Å². The summed E-state index contributed by atoms with van der Waals surface area (Å²) in [5, 5.41) is 20.6. The minimum Gasteiger partial charge on any atom is -0.264 e. The van der Waals surface area contributed by atoms with Crippen molar-refractivity contribution in [2.75, 3.05) is 0 Å². The summed E-state index contributed by atoms with van der Waals surface area (Å²) in [5.74, 6) is 0. The lowest BCUT2D eigenvalue weighted by Gasteiger charge is -2.02. The highest BCUT2D eigenvalue weighted by atomic mass is 16.6. The molecule has 0 saturated heterocycles. The van der Waals surface area contributed by atoms with E-state index in [2.05, 4.69) is 4.98 Å². The Balaban J connectivity index is 2.78. The molecule has 0 N–H and O–H groups in total. The molecule has 0 bridgehead atoms. The zero-order valence-electron chi connectivity index (χ0n) is 8.25. The third-order valence-corrected chi connectivity index (χ3v) is 2.35. The highest BCUT2D eigenvalue weighted by molar-refractivity contribution is 5.92. The lowest BCUT2D eigenvalue weighted by molar-refractivity contribution is -0.383. The van der Waals surface area contributed by atoms with E-state index < -0.39 is 4.92 Å². The van der Waals surface area contributed by atoms with Crippen LogP contribution in [0.1, 0.15) is 5.56 Å². The van der Waals surface area contributed by atoms with Gasteiger partial charge in [-0.25, -0.2) is 0 Å². The number of nitriles is 1. The number of rotatable bonds is 2. The number of nitrogens with zero attached hydrogens (tertiary/aromatic N) is 3. The van der Waals surface area contributed by atoms with Gasteiger partial charge in [0.25, 0.3) is 5.69 Å². The fourth-order valence-electron chi connectivity index (χ4n) is 1.64. The van der Waals surface area contributed by atoms with E-state index in [-0.39, 0.29) is 12.1 Å². The molecule has 0 unspecified atom stereocenters. The van der Waals surface area contributed by atoms with Gasteiger partial charge < -0.3 is 0 Å². The Hall–Kier alpha value is -2.48. The van der Waals surface area contributed by atoms with Crippen molar-refractivity contribution < 1.29 is 4.92 Å². The van der Waals surface area contributed by atoms with Crippen LogP contribution in [-0.4, -0.2) is 9.91 Å². The van der Waals surface area contributed by atoms with Gasteiger partial charge in [0.15, 0.2) is 0 Å². The quantitative estimate of drug-likeness (QED) is 0.565. The van der Waals surface area contributed by atoms with E-state index in [1.807, 2.05) is 6.07 Å². The largest absolute Gasteiger partial charge is 0.278 e. The normalized spacial score (nSPS) is 9.94. The predicted octanol–water partition coefficient (Wildman–Crippen LogP) is 2.21. The van der Waals surface area contributed by atoms with Gasteiger partial charge in [-0.05, 0) is 17.0 Å². The molecule has 0 aliphatic rings. The number of nitro benzene ring substituents is 1. The van der Waals surface area contributed by atoms with Gasteiger partial charge in [-0.2, -0.15) is 5.26 Å². The number of benzene rings is 1. The molecule has 0 fully saturated rings. The molecule has 0 amide bonds. The van der Waals surface area contributed by atoms with Crippen LogP contribution in [0.15, 0.2) is 30.6 Å². The zero-order valence-corrected chi connectivity index (χ0v) is 8.25. The maximum Gasteiger partial charge on any atom is 0.278 e. The highest BCUT2D eigenvalue weighted by Crippen LogP contribution is 2.27. The Labute approximate surface area is 91.1 Å². The Bertz CT molecular complexity index is 602. The molecule has 2 aromatic rings. The monoisotopic (exact) mass is 213 g/mol. The van der Waals surface area contributed by atoms with Gasteiger partial charge in [0.05, 0.1) is 22.8 Å². The molecule has 0 aliphatic heterocycles. The van der Waals surface area contributed by atoms with Gasteiger partial charge >= 0.3 is 0 Å². The Morgan fingerprint density at radius 1 is 1.38 bits per heavy atom. The third-order valence-electron chi connectivity index (χ3n) is 2.35. The molecule has 78 valence electrons. The van der Waals surface area contributed by atoms with Crippen molar-refractivity contribution in [3.8, 4) is 6.07 Å². The lowest BCUT2D eigenvalue weighted by Crippen LogP contribution is -1.93. The van der Waals surface area contributed by atoms with Crippen LogP contribution in [0.25, 0.3) is 10.8 Å². The SMILES string of the molecule is N#CCc1ccc([N+](=O)[O-])c2cnccc12. The van der Waals surface area contributed by atoms with Crippen LogP contribution in [0.4, 0.5) is 5.69 Å². The van der Waals surface area contributed by atoms with Crippen molar-refractivity contribution in [2.24, 2.45) is 0 Å². The van der Waals surface area contributed by atoms with E-state index in [4.69, 9.17) is 5.26 Å². The summed E-state index contributed by atoms with van der Waals surface area (Å²) in [5.41, 5.74) is 0.801. The highest BCUT2D eigenvalue weighted by Gasteiger charge is 2.13. The van der Waals surface area contributed by atoms with Gasteiger partial charge in [0, 0.05) is 18.5 Å². The van der Waals surface area contributed by atoms with Crippen LogP contribution in [0.5, 0.6) is 0 Å². The Kier molecular flexibility index (Phi) is 2.48. The van der Waals surface area contributed by atoms with Crippen molar-refractivity contribution in [3.63, 3.8) is 0 Å².